The summed E-state index contributed by atoms with van der Waals surface area (Å²) in [5.74, 6) is 1.49. The quantitative estimate of drug-likeness (QED) is 0.793. The van der Waals surface area contributed by atoms with E-state index in [-0.39, 0.29) is 6.79 Å². The van der Waals surface area contributed by atoms with Crippen molar-refractivity contribution in [3.8, 4) is 11.5 Å². The lowest BCUT2D eigenvalue weighted by atomic mass is 10.2. The van der Waals surface area contributed by atoms with E-state index >= 15 is 0 Å². The van der Waals surface area contributed by atoms with E-state index in [2.05, 4.69) is 5.32 Å². The molecule has 1 aromatic carbocycles. The molecule has 0 saturated heterocycles. The van der Waals surface area contributed by atoms with Crippen molar-refractivity contribution in [2.45, 2.75) is 13.0 Å². The molecule has 0 bridgehead atoms. The predicted molar refractivity (Wildman–Crippen MR) is 65.8 cm³/mol. The molecular weight excluding hydrogens is 242 g/mol. The monoisotopic (exact) mass is 257 g/mol. The molecule has 0 atom stereocenters. The summed E-state index contributed by atoms with van der Waals surface area (Å²) in [4.78, 5) is 0. The van der Waals surface area contributed by atoms with Crippen LogP contribution in [-0.2, 0) is 11.3 Å². The highest BCUT2D eigenvalue weighted by Gasteiger charge is 2.15. The van der Waals surface area contributed by atoms with Crippen LogP contribution in [0.4, 0.5) is 0 Å². The van der Waals surface area contributed by atoms with Crippen molar-refractivity contribution < 1.29 is 14.2 Å². The lowest BCUT2D eigenvalue weighted by molar-refractivity contribution is 0.174. The Morgan fingerprint density at radius 1 is 1.35 bits per heavy atom. The molecule has 0 unspecified atom stereocenters. The summed E-state index contributed by atoms with van der Waals surface area (Å²) in [6, 6.07) is 3.73. The van der Waals surface area contributed by atoms with Gasteiger partial charge in [-0.2, -0.15) is 0 Å². The SMILES string of the molecule is COCCCNCc1cc2c(cc1Cl)OCO2. The Morgan fingerprint density at radius 2 is 2.12 bits per heavy atom. The van der Waals surface area contributed by atoms with Gasteiger partial charge in [-0.3, -0.25) is 0 Å². The largest absolute Gasteiger partial charge is 0.454 e. The maximum Gasteiger partial charge on any atom is 0.231 e. The van der Waals surface area contributed by atoms with Crippen molar-refractivity contribution in [3.63, 3.8) is 0 Å². The second-order valence-corrected chi connectivity index (χ2v) is 4.23. The fourth-order valence-corrected chi connectivity index (χ4v) is 1.88. The van der Waals surface area contributed by atoms with Crippen LogP contribution in [0.25, 0.3) is 0 Å². The Balaban J connectivity index is 1.88. The van der Waals surface area contributed by atoms with Gasteiger partial charge in [0.1, 0.15) is 0 Å². The van der Waals surface area contributed by atoms with Gasteiger partial charge in [0.2, 0.25) is 6.79 Å². The third kappa shape index (κ3) is 3.25. The van der Waals surface area contributed by atoms with E-state index in [9.17, 15) is 0 Å². The molecule has 0 aliphatic carbocycles. The smallest absolute Gasteiger partial charge is 0.231 e. The zero-order valence-electron chi connectivity index (χ0n) is 9.79. The first-order chi connectivity index (χ1) is 8.31. The van der Waals surface area contributed by atoms with Crippen LogP contribution in [-0.4, -0.2) is 27.1 Å². The molecule has 0 radical (unpaired) electrons. The van der Waals surface area contributed by atoms with Gasteiger partial charge in [0.25, 0.3) is 0 Å². The molecule has 17 heavy (non-hydrogen) atoms. The van der Waals surface area contributed by atoms with Gasteiger partial charge < -0.3 is 19.5 Å². The van der Waals surface area contributed by atoms with Crippen LogP contribution >= 0.6 is 11.6 Å². The average Bonchev–Trinajstić information content (AvgIpc) is 2.76. The minimum atomic E-state index is 0.274. The second kappa shape index (κ2) is 6.10. The number of hydrogen-bond donors (Lipinski definition) is 1. The number of benzene rings is 1. The first-order valence-corrected chi connectivity index (χ1v) is 5.96. The van der Waals surface area contributed by atoms with Crippen molar-refractivity contribution >= 4 is 11.6 Å². The molecule has 0 saturated carbocycles. The maximum absolute atomic E-state index is 6.15. The number of methoxy groups -OCH3 is 1. The van der Waals surface area contributed by atoms with Crippen LogP contribution in [0.15, 0.2) is 12.1 Å². The standard InChI is InChI=1S/C12H16ClNO3/c1-15-4-2-3-14-7-9-5-11-12(6-10(9)13)17-8-16-11/h5-6,14H,2-4,7-8H2,1H3. The number of fused-ring (bicyclic) bond motifs is 1. The number of halogens is 1. The fourth-order valence-electron chi connectivity index (χ4n) is 1.66. The topological polar surface area (TPSA) is 39.7 Å². The molecule has 0 aromatic heterocycles. The first kappa shape index (κ1) is 12.5. The summed E-state index contributed by atoms with van der Waals surface area (Å²) < 4.78 is 15.5. The van der Waals surface area contributed by atoms with E-state index in [1.165, 1.54) is 0 Å². The summed E-state index contributed by atoms with van der Waals surface area (Å²) in [5.41, 5.74) is 1.02. The molecule has 4 nitrogen and oxygen atoms in total. The van der Waals surface area contributed by atoms with Crippen LogP contribution in [0.2, 0.25) is 5.02 Å². The molecule has 0 fully saturated rings. The van der Waals surface area contributed by atoms with E-state index < -0.39 is 0 Å². The average molecular weight is 258 g/mol. The summed E-state index contributed by atoms with van der Waals surface area (Å²) in [6.07, 6.45) is 0.985. The van der Waals surface area contributed by atoms with Gasteiger partial charge in [0, 0.05) is 31.4 Å². The fraction of sp³-hybridized carbons (Fsp3) is 0.500. The summed E-state index contributed by atoms with van der Waals surface area (Å²) >= 11 is 6.15. The molecular formula is C12H16ClNO3. The van der Waals surface area contributed by atoms with E-state index in [1.807, 2.05) is 6.07 Å². The van der Waals surface area contributed by atoms with E-state index in [4.69, 9.17) is 25.8 Å². The minimum Gasteiger partial charge on any atom is -0.454 e. The zero-order valence-corrected chi connectivity index (χ0v) is 10.5. The summed E-state index contributed by atoms with van der Waals surface area (Å²) in [5, 5.41) is 4.01. The lowest BCUT2D eigenvalue weighted by Crippen LogP contribution is -2.16. The van der Waals surface area contributed by atoms with Crippen molar-refractivity contribution in [1.29, 1.82) is 0 Å². The number of hydrogen-bond acceptors (Lipinski definition) is 4. The van der Waals surface area contributed by atoms with Crippen LogP contribution in [0.1, 0.15) is 12.0 Å². The highest BCUT2D eigenvalue weighted by atomic mass is 35.5. The molecule has 1 N–H and O–H groups in total. The lowest BCUT2D eigenvalue weighted by Gasteiger charge is -2.07. The number of rotatable bonds is 6. The molecule has 1 aliphatic rings. The van der Waals surface area contributed by atoms with Gasteiger partial charge in [-0.05, 0) is 24.6 Å². The Hall–Kier alpha value is -0.970. The number of ether oxygens (including phenoxy) is 3. The Kier molecular flexibility index (Phi) is 4.48. The van der Waals surface area contributed by atoms with Gasteiger partial charge in [-0.1, -0.05) is 11.6 Å². The van der Waals surface area contributed by atoms with Crippen LogP contribution in [0.3, 0.4) is 0 Å². The second-order valence-electron chi connectivity index (χ2n) is 3.82. The van der Waals surface area contributed by atoms with Crippen LogP contribution in [0, 0.1) is 0 Å². The third-order valence-electron chi connectivity index (χ3n) is 2.56. The van der Waals surface area contributed by atoms with Crippen molar-refractivity contribution in [3.05, 3.63) is 22.7 Å². The highest BCUT2D eigenvalue weighted by molar-refractivity contribution is 6.31. The molecule has 2 rings (SSSR count). The number of nitrogens with one attached hydrogen (secondary N) is 1. The predicted octanol–water partition coefficient (Wildman–Crippen LogP) is 2.19. The zero-order chi connectivity index (χ0) is 12.1. The van der Waals surface area contributed by atoms with Gasteiger partial charge in [-0.15, -0.1) is 0 Å². The van der Waals surface area contributed by atoms with Crippen molar-refractivity contribution in [2.75, 3.05) is 27.1 Å². The van der Waals surface area contributed by atoms with Gasteiger partial charge in [0.15, 0.2) is 11.5 Å². The molecule has 5 heteroatoms. The maximum atomic E-state index is 6.15. The molecule has 1 aromatic rings. The van der Waals surface area contributed by atoms with E-state index in [0.717, 1.165) is 43.2 Å². The molecule has 1 aliphatic heterocycles. The van der Waals surface area contributed by atoms with E-state index in [0.29, 0.717) is 5.02 Å². The summed E-state index contributed by atoms with van der Waals surface area (Å²) in [7, 11) is 1.70. The van der Waals surface area contributed by atoms with Crippen molar-refractivity contribution in [1.82, 2.24) is 5.32 Å². The molecule has 94 valence electrons. The molecule has 1 heterocycles. The van der Waals surface area contributed by atoms with Crippen molar-refractivity contribution in [2.24, 2.45) is 0 Å². The minimum absolute atomic E-state index is 0.274. The summed E-state index contributed by atoms with van der Waals surface area (Å²) in [6.45, 7) is 2.66. The van der Waals surface area contributed by atoms with Gasteiger partial charge in [0.05, 0.1) is 0 Å². The molecule has 0 amide bonds. The first-order valence-electron chi connectivity index (χ1n) is 5.59. The Bertz CT molecular complexity index is 384. The molecule has 0 spiro atoms. The van der Waals surface area contributed by atoms with Crippen LogP contribution < -0.4 is 14.8 Å². The van der Waals surface area contributed by atoms with Gasteiger partial charge in [-0.25, -0.2) is 0 Å². The third-order valence-corrected chi connectivity index (χ3v) is 2.91. The Morgan fingerprint density at radius 3 is 2.88 bits per heavy atom. The Labute approximate surface area is 106 Å². The highest BCUT2D eigenvalue weighted by Crippen LogP contribution is 2.36. The van der Waals surface area contributed by atoms with Crippen LogP contribution in [0.5, 0.6) is 11.5 Å². The normalized spacial score (nSPS) is 13.1. The van der Waals surface area contributed by atoms with Gasteiger partial charge >= 0.3 is 0 Å². The van der Waals surface area contributed by atoms with E-state index in [1.54, 1.807) is 13.2 Å².